The molecule has 0 unspecified atom stereocenters. The number of carbonyl (C=O) groups excluding carboxylic acids is 1. The van der Waals surface area contributed by atoms with Crippen molar-refractivity contribution < 1.29 is 9.53 Å². The molecule has 2 aromatic heterocycles. The van der Waals surface area contributed by atoms with Crippen LogP contribution in [-0.2, 0) is 16.1 Å². The van der Waals surface area contributed by atoms with Gasteiger partial charge in [0.1, 0.15) is 0 Å². The summed E-state index contributed by atoms with van der Waals surface area (Å²) < 4.78 is 6.56. The van der Waals surface area contributed by atoms with E-state index in [1.54, 1.807) is 17.4 Å². The fourth-order valence-corrected chi connectivity index (χ4v) is 4.78. The maximum absolute atomic E-state index is 10.9. The van der Waals surface area contributed by atoms with Gasteiger partial charge in [-0.2, -0.15) is 0 Å². The van der Waals surface area contributed by atoms with Gasteiger partial charge in [-0.15, -0.1) is 11.3 Å². The van der Waals surface area contributed by atoms with E-state index in [1.165, 1.54) is 6.21 Å². The van der Waals surface area contributed by atoms with Crippen molar-refractivity contribution >= 4 is 45.2 Å². The summed E-state index contributed by atoms with van der Waals surface area (Å²) in [6.07, 6.45) is 2.34. The van der Waals surface area contributed by atoms with E-state index < -0.39 is 0 Å². The van der Waals surface area contributed by atoms with E-state index in [2.05, 4.69) is 16.3 Å². The van der Waals surface area contributed by atoms with Gasteiger partial charge in [-0.1, -0.05) is 12.1 Å². The van der Waals surface area contributed by atoms with Crippen LogP contribution < -0.4 is 21.7 Å². The highest BCUT2D eigenvalue weighted by atomic mass is 32.1. The minimum atomic E-state index is -0.280. The van der Waals surface area contributed by atoms with Crippen LogP contribution in [0.15, 0.2) is 24.3 Å². The van der Waals surface area contributed by atoms with Crippen molar-refractivity contribution in [3.05, 3.63) is 34.7 Å². The van der Waals surface area contributed by atoms with Crippen LogP contribution in [-0.4, -0.2) is 54.9 Å². The molecule has 1 aromatic carbocycles. The number of nitrogens with zero attached hydrogens (tertiary/aromatic N) is 3. The molecule has 1 saturated heterocycles. The Kier molecular flexibility index (Phi) is 6.93. The summed E-state index contributed by atoms with van der Waals surface area (Å²) in [4.78, 5) is 24.0. The molecule has 168 valence electrons. The van der Waals surface area contributed by atoms with Gasteiger partial charge in [-0.25, -0.2) is 9.97 Å². The van der Waals surface area contributed by atoms with Gasteiger partial charge in [-0.3, -0.25) is 4.79 Å². The average Bonchev–Trinajstić information content (AvgIpc) is 3.21. The first-order valence-corrected chi connectivity index (χ1v) is 11.4. The van der Waals surface area contributed by atoms with E-state index in [4.69, 9.17) is 31.6 Å². The molecule has 1 amide bonds. The van der Waals surface area contributed by atoms with Crippen LogP contribution in [0.3, 0.4) is 0 Å². The van der Waals surface area contributed by atoms with Crippen molar-refractivity contribution in [2.24, 2.45) is 5.73 Å². The quantitative estimate of drug-likeness (QED) is 0.221. The molecule has 4 rings (SSSR count). The summed E-state index contributed by atoms with van der Waals surface area (Å²) in [5.41, 5.74) is 14.1. The number of fused-ring (bicyclic) bond motifs is 1. The summed E-state index contributed by atoms with van der Waals surface area (Å²) in [5, 5.41) is 11.2. The number of benzene rings is 1. The minimum absolute atomic E-state index is 0.280. The minimum Gasteiger partial charge on any atom is -0.398 e. The van der Waals surface area contributed by atoms with Crippen LogP contribution in [0.4, 0.5) is 11.5 Å². The van der Waals surface area contributed by atoms with Crippen molar-refractivity contribution in [1.29, 1.82) is 5.41 Å². The summed E-state index contributed by atoms with van der Waals surface area (Å²) in [7, 11) is 0. The Bertz CT molecular complexity index is 1120. The second-order valence-electron chi connectivity index (χ2n) is 7.60. The molecule has 3 heterocycles. The third kappa shape index (κ3) is 4.87. The van der Waals surface area contributed by atoms with Gasteiger partial charge in [0.25, 0.3) is 0 Å². The third-order valence-corrected chi connectivity index (χ3v) is 6.44. The first-order chi connectivity index (χ1) is 15.6. The molecule has 6 N–H and O–H groups in total. The standard InChI is InChI=1S/C22H27N7O2S/c23-12-16-15(3-1-4-17(16)24)21-27-18-11-14(13-26-6-2-5-19(25)30)32-20(18)22(28-21)29-7-9-31-10-8-29/h1,3-4,11-12,23,26H,2,5-10,13,24H2,(H2,25,30). The fraction of sp³-hybridized carbons (Fsp3) is 0.364. The van der Waals surface area contributed by atoms with Crippen molar-refractivity contribution in [3.63, 3.8) is 0 Å². The second kappa shape index (κ2) is 10.0. The van der Waals surface area contributed by atoms with Crippen LogP contribution in [0.1, 0.15) is 23.3 Å². The number of nitrogens with one attached hydrogen (secondary N) is 2. The van der Waals surface area contributed by atoms with E-state index in [9.17, 15) is 4.79 Å². The zero-order chi connectivity index (χ0) is 22.5. The lowest BCUT2D eigenvalue weighted by Crippen LogP contribution is -2.36. The Labute approximate surface area is 190 Å². The molecule has 1 fully saturated rings. The Morgan fingerprint density at radius 3 is 2.88 bits per heavy atom. The van der Waals surface area contributed by atoms with Crippen molar-refractivity contribution in [2.75, 3.05) is 43.5 Å². The maximum Gasteiger partial charge on any atom is 0.217 e. The van der Waals surface area contributed by atoms with Gasteiger partial charge < -0.3 is 31.8 Å². The molecule has 10 heteroatoms. The van der Waals surface area contributed by atoms with E-state index in [1.807, 2.05) is 12.1 Å². The van der Waals surface area contributed by atoms with Crippen LogP contribution in [0, 0.1) is 5.41 Å². The molecule has 0 bridgehead atoms. The summed E-state index contributed by atoms with van der Waals surface area (Å²) >= 11 is 1.67. The lowest BCUT2D eigenvalue weighted by Gasteiger charge is -2.28. The highest BCUT2D eigenvalue weighted by molar-refractivity contribution is 7.19. The molecule has 0 atom stereocenters. The van der Waals surface area contributed by atoms with Crippen LogP contribution in [0.25, 0.3) is 21.6 Å². The number of thiophene rings is 1. The van der Waals surface area contributed by atoms with Gasteiger partial charge >= 0.3 is 0 Å². The van der Waals surface area contributed by atoms with Gasteiger partial charge in [0.05, 0.1) is 23.4 Å². The van der Waals surface area contributed by atoms with Crippen LogP contribution in [0.5, 0.6) is 0 Å². The van der Waals surface area contributed by atoms with Crippen LogP contribution in [0.2, 0.25) is 0 Å². The number of morpholine rings is 1. The average molecular weight is 454 g/mol. The Balaban J connectivity index is 1.69. The number of nitrogens with two attached hydrogens (primary N) is 2. The summed E-state index contributed by atoms with van der Waals surface area (Å²) in [6.45, 7) is 4.24. The maximum atomic E-state index is 10.9. The van der Waals surface area contributed by atoms with Gasteiger partial charge in [0.2, 0.25) is 5.91 Å². The third-order valence-electron chi connectivity index (χ3n) is 5.32. The van der Waals surface area contributed by atoms with E-state index in [0.29, 0.717) is 49.7 Å². The number of anilines is 2. The second-order valence-corrected chi connectivity index (χ2v) is 8.73. The Morgan fingerprint density at radius 1 is 1.31 bits per heavy atom. The predicted octanol–water partition coefficient (Wildman–Crippen LogP) is 2.13. The molecular formula is C22H27N7O2S. The Hall–Kier alpha value is -3.08. The number of ether oxygens (including phenoxy) is 1. The number of carbonyl (C=O) groups is 1. The smallest absolute Gasteiger partial charge is 0.217 e. The summed E-state index contributed by atoms with van der Waals surface area (Å²) in [5.74, 6) is 1.16. The molecule has 0 aliphatic carbocycles. The first-order valence-electron chi connectivity index (χ1n) is 10.6. The number of rotatable bonds is 9. The highest BCUT2D eigenvalue weighted by Crippen LogP contribution is 2.35. The molecule has 0 radical (unpaired) electrons. The first kappa shape index (κ1) is 22.1. The molecule has 3 aromatic rings. The molecule has 0 saturated carbocycles. The molecule has 9 nitrogen and oxygen atoms in total. The summed E-state index contributed by atoms with van der Waals surface area (Å²) in [6, 6.07) is 7.60. The van der Waals surface area contributed by atoms with E-state index >= 15 is 0 Å². The highest BCUT2D eigenvalue weighted by Gasteiger charge is 2.21. The van der Waals surface area contributed by atoms with Gasteiger partial charge in [0.15, 0.2) is 11.6 Å². The zero-order valence-electron chi connectivity index (χ0n) is 17.8. The topological polar surface area (TPSA) is 143 Å². The molecule has 1 aliphatic rings. The monoisotopic (exact) mass is 453 g/mol. The number of hydrogen-bond acceptors (Lipinski definition) is 9. The van der Waals surface area contributed by atoms with Crippen molar-refractivity contribution in [1.82, 2.24) is 15.3 Å². The predicted molar refractivity (Wildman–Crippen MR) is 128 cm³/mol. The fourth-order valence-electron chi connectivity index (χ4n) is 3.70. The van der Waals surface area contributed by atoms with Crippen molar-refractivity contribution in [3.8, 4) is 11.4 Å². The van der Waals surface area contributed by atoms with E-state index in [0.717, 1.165) is 46.1 Å². The molecular weight excluding hydrogens is 426 g/mol. The normalized spacial score (nSPS) is 14.1. The molecule has 0 spiro atoms. The number of amides is 1. The molecule has 32 heavy (non-hydrogen) atoms. The number of aromatic nitrogens is 2. The Morgan fingerprint density at radius 2 is 2.12 bits per heavy atom. The number of hydrogen-bond donors (Lipinski definition) is 4. The largest absolute Gasteiger partial charge is 0.398 e. The van der Waals surface area contributed by atoms with Crippen LogP contribution >= 0.6 is 11.3 Å². The number of nitrogen functional groups attached to an aromatic ring is 1. The number of primary amides is 1. The lowest BCUT2D eigenvalue weighted by atomic mass is 10.1. The van der Waals surface area contributed by atoms with Crippen molar-refractivity contribution in [2.45, 2.75) is 19.4 Å². The van der Waals surface area contributed by atoms with E-state index in [-0.39, 0.29) is 5.91 Å². The zero-order valence-corrected chi connectivity index (χ0v) is 18.6. The van der Waals surface area contributed by atoms with Gasteiger partial charge in [-0.05, 0) is 25.1 Å². The molecule has 1 aliphatic heterocycles. The lowest BCUT2D eigenvalue weighted by molar-refractivity contribution is -0.118. The SMILES string of the molecule is N=Cc1c(N)cccc1-c1nc(N2CCOCC2)c2sc(CNCCCC(N)=O)cc2n1. The van der Waals surface area contributed by atoms with Gasteiger partial charge in [0, 0.05) is 54.0 Å².